The zero-order chi connectivity index (χ0) is 20.9. The number of aromatic nitrogens is 1. The standard InChI is InChI=1S/C24H25NO4/c1-24(2,3)19-10-12-20(13-11-19)28-15-17-6-8-18(9-7-17)23(27)29-16-22(26)21-5-4-14-25-21/h4-14,25H,15-16H2,1-3H3. The van der Waals surface area contributed by atoms with Crippen molar-refractivity contribution >= 4 is 11.8 Å². The fourth-order valence-corrected chi connectivity index (χ4v) is 2.75. The maximum Gasteiger partial charge on any atom is 0.338 e. The van der Waals surface area contributed by atoms with Crippen molar-refractivity contribution in [3.63, 3.8) is 0 Å². The summed E-state index contributed by atoms with van der Waals surface area (Å²) in [5.41, 5.74) is 3.10. The maximum absolute atomic E-state index is 12.1. The van der Waals surface area contributed by atoms with E-state index < -0.39 is 5.97 Å². The number of H-pyrrole nitrogens is 1. The van der Waals surface area contributed by atoms with Crippen LogP contribution >= 0.6 is 0 Å². The van der Waals surface area contributed by atoms with Crippen LogP contribution in [0, 0.1) is 0 Å². The van der Waals surface area contributed by atoms with Crippen molar-refractivity contribution in [3.05, 3.63) is 89.2 Å². The number of ketones is 1. The second-order valence-corrected chi connectivity index (χ2v) is 7.84. The molecule has 3 aromatic rings. The van der Waals surface area contributed by atoms with Gasteiger partial charge in [0, 0.05) is 6.20 Å². The van der Waals surface area contributed by atoms with Gasteiger partial charge >= 0.3 is 5.97 Å². The van der Waals surface area contributed by atoms with Crippen LogP contribution < -0.4 is 4.74 Å². The van der Waals surface area contributed by atoms with Crippen LogP contribution in [-0.4, -0.2) is 23.3 Å². The average molecular weight is 391 g/mol. The number of esters is 1. The van der Waals surface area contributed by atoms with E-state index in [-0.39, 0.29) is 17.8 Å². The number of aromatic amines is 1. The third-order valence-electron chi connectivity index (χ3n) is 4.55. The van der Waals surface area contributed by atoms with E-state index in [2.05, 4.69) is 37.9 Å². The highest BCUT2D eigenvalue weighted by molar-refractivity contribution is 5.98. The molecule has 2 aromatic carbocycles. The van der Waals surface area contributed by atoms with Gasteiger partial charge in [0.15, 0.2) is 6.61 Å². The van der Waals surface area contributed by atoms with E-state index in [1.165, 1.54) is 5.56 Å². The lowest BCUT2D eigenvalue weighted by atomic mass is 9.87. The number of rotatable bonds is 7. The van der Waals surface area contributed by atoms with Gasteiger partial charge in [-0.1, -0.05) is 45.0 Å². The zero-order valence-corrected chi connectivity index (χ0v) is 16.9. The summed E-state index contributed by atoms with van der Waals surface area (Å²) in [6.45, 7) is 6.62. The van der Waals surface area contributed by atoms with Crippen molar-refractivity contribution in [1.29, 1.82) is 0 Å². The van der Waals surface area contributed by atoms with Gasteiger partial charge in [0.1, 0.15) is 12.4 Å². The van der Waals surface area contributed by atoms with Crippen molar-refractivity contribution < 1.29 is 19.1 Å². The van der Waals surface area contributed by atoms with Crippen LogP contribution in [0.4, 0.5) is 0 Å². The van der Waals surface area contributed by atoms with Crippen LogP contribution in [-0.2, 0) is 16.8 Å². The van der Waals surface area contributed by atoms with Crippen LogP contribution in [0.1, 0.15) is 52.7 Å². The largest absolute Gasteiger partial charge is 0.489 e. The van der Waals surface area contributed by atoms with Gasteiger partial charge in [0.25, 0.3) is 0 Å². The van der Waals surface area contributed by atoms with Gasteiger partial charge in [-0.15, -0.1) is 0 Å². The smallest absolute Gasteiger partial charge is 0.338 e. The van der Waals surface area contributed by atoms with E-state index in [1.807, 2.05) is 24.3 Å². The first-order valence-electron chi connectivity index (χ1n) is 9.49. The van der Waals surface area contributed by atoms with Gasteiger partial charge in [-0.05, 0) is 52.9 Å². The van der Waals surface area contributed by atoms with Crippen LogP contribution in [0.5, 0.6) is 5.75 Å². The molecule has 0 atom stereocenters. The Hall–Kier alpha value is -3.34. The maximum atomic E-state index is 12.1. The molecule has 5 heteroatoms. The minimum absolute atomic E-state index is 0.106. The number of nitrogens with one attached hydrogen (secondary N) is 1. The molecule has 0 fully saturated rings. The molecule has 1 aromatic heterocycles. The Bertz CT molecular complexity index is 950. The van der Waals surface area contributed by atoms with E-state index >= 15 is 0 Å². The number of carbonyl (C=O) groups is 2. The predicted molar refractivity (Wildman–Crippen MR) is 111 cm³/mol. The minimum atomic E-state index is -0.532. The molecule has 0 bridgehead atoms. The molecule has 0 amide bonds. The van der Waals surface area contributed by atoms with Crippen molar-refractivity contribution in [3.8, 4) is 5.75 Å². The molecule has 150 valence electrons. The van der Waals surface area contributed by atoms with E-state index in [1.54, 1.807) is 30.5 Å². The highest BCUT2D eigenvalue weighted by Crippen LogP contribution is 2.24. The zero-order valence-electron chi connectivity index (χ0n) is 16.9. The van der Waals surface area contributed by atoms with E-state index in [4.69, 9.17) is 9.47 Å². The van der Waals surface area contributed by atoms with Crippen LogP contribution in [0.3, 0.4) is 0 Å². The lowest BCUT2D eigenvalue weighted by Crippen LogP contribution is -2.14. The number of benzene rings is 2. The van der Waals surface area contributed by atoms with Crippen molar-refractivity contribution in [2.75, 3.05) is 6.61 Å². The third kappa shape index (κ3) is 5.57. The Kier molecular flexibility index (Phi) is 6.17. The Morgan fingerprint density at radius 3 is 2.21 bits per heavy atom. The first-order chi connectivity index (χ1) is 13.8. The minimum Gasteiger partial charge on any atom is -0.489 e. The molecule has 0 saturated heterocycles. The molecule has 0 radical (unpaired) electrons. The topological polar surface area (TPSA) is 68.4 Å². The molecular weight excluding hydrogens is 366 g/mol. The summed E-state index contributed by atoms with van der Waals surface area (Å²) in [5.74, 6) is -0.00897. The second-order valence-electron chi connectivity index (χ2n) is 7.84. The van der Waals surface area contributed by atoms with Gasteiger partial charge in [0.2, 0.25) is 5.78 Å². The summed E-state index contributed by atoms with van der Waals surface area (Å²) in [5, 5.41) is 0. The van der Waals surface area contributed by atoms with Crippen LogP contribution in [0.15, 0.2) is 66.9 Å². The summed E-state index contributed by atoms with van der Waals surface area (Å²) >= 11 is 0. The molecule has 3 rings (SSSR count). The molecule has 29 heavy (non-hydrogen) atoms. The van der Waals surface area contributed by atoms with Crippen LogP contribution in [0.25, 0.3) is 0 Å². The molecule has 0 aliphatic rings. The number of hydrogen-bond donors (Lipinski definition) is 1. The van der Waals surface area contributed by atoms with Crippen LogP contribution in [0.2, 0.25) is 0 Å². The van der Waals surface area contributed by atoms with Gasteiger partial charge < -0.3 is 14.5 Å². The van der Waals surface area contributed by atoms with Crippen molar-refractivity contribution in [2.45, 2.75) is 32.8 Å². The summed E-state index contributed by atoms with van der Waals surface area (Å²) in [4.78, 5) is 26.8. The molecule has 0 spiro atoms. The second kappa shape index (κ2) is 8.78. The monoisotopic (exact) mass is 391 g/mol. The van der Waals surface area contributed by atoms with Gasteiger partial charge in [-0.3, -0.25) is 4.79 Å². The molecule has 5 nitrogen and oxygen atoms in total. The predicted octanol–water partition coefficient (Wildman–Crippen LogP) is 4.93. The number of Topliss-reactive ketones (excluding diaryl/α,β-unsaturated/α-hetero) is 1. The van der Waals surface area contributed by atoms with Gasteiger partial charge in [-0.25, -0.2) is 4.79 Å². The molecule has 1 N–H and O–H groups in total. The Labute approximate surface area is 170 Å². The third-order valence-corrected chi connectivity index (χ3v) is 4.55. The summed E-state index contributed by atoms with van der Waals surface area (Å²) < 4.78 is 10.9. The molecule has 1 heterocycles. The van der Waals surface area contributed by atoms with E-state index in [0.29, 0.717) is 17.9 Å². The SMILES string of the molecule is CC(C)(C)c1ccc(OCc2ccc(C(=O)OCC(=O)c3ccc[nH]3)cc2)cc1. The quantitative estimate of drug-likeness (QED) is 0.458. The van der Waals surface area contributed by atoms with E-state index in [9.17, 15) is 9.59 Å². The molecule has 0 unspecified atom stereocenters. The summed E-state index contributed by atoms with van der Waals surface area (Å²) in [6, 6.07) is 18.4. The Morgan fingerprint density at radius 2 is 1.62 bits per heavy atom. The lowest BCUT2D eigenvalue weighted by molar-refractivity contribution is 0.0473. The first-order valence-corrected chi connectivity index (χ1v) is 9.49. The van der Waals surface area contributed by atoms with Crippen molar-refractivity contribution in [2.24, 2.45) is 0 Å². The van der Waals surface area contributed by atoms with Gasteiger partial charge in [0.05, 0.1) is 11.3 Å². The van der Waals surface area contributed by atoms with E-state index in [0.717, 1.165) is 11.3 Å². The highest BCUT2D eigenvalue weighted by atomic mass is 16.5. The fraction of sp³-hybridized carbons (Fsp3) is 0.250. The summed E-state index contributed by atoms with van der Waals surface area (Å²) in [6.07, 6.45) is 1.65. The molecule has 0 aliphatic carbocycles. The number of hydrogen-bond acceptors (Lipinski definition) is 4. The first kappa shape index (κ1) is 20.4. The van der Waals surface area contributed by atoms with Gasteiger partial charge in [-0.2, -0.15) is 0 Å². The molecule has 0 aliphatic heterocycles. The average Bonchev–Trinajstić information content (AvgIpc) is 3.25. The summed E-state index contributed by atoms with van der Waals surface area (Å²) in [7, 11) is 0. The highest BCUT2D eigenvalue weighted by Gasteiger charge is 2.14. The number of ether oxygens (including phenoxy) is 2. The Morgan fingerprint density at radius 1 is 0.931 bits per heavy atom. The number of carbonyl (C=O) groups excluding carboxylic acids is 2. The Balaban J connectivity index is 1.50. The van der Waals surface area contributed by atoms with Crippen molar-refractivity contribution in [1.82, 2.24) is 4.98 Å². The lowest BCUT2D eigenvalue weighted by Gasteiger charge is -2.19. The fourth-order valence-electron chi connectivity index (χ4n) is 2.75. The molecule has 0 saturated carbocycles. The normalized spacial score (nSPS) is 11.1. The molecular formula is C24H25NO4.